The zero-order chi connectivity index (χ0) is 50.7. The lowest BCUT2D eigenvalue weighted by Crippen LogP contribution is -2.54. The monoisotopic (exact) mass is 1010 g/mol. The van der Waals surface area contributed by atoms with Crippen LogP contribution in [0.5, 0.6) is 0 Å². The molecule has 7 nitrogen and oxygen atoms in total. The van der Waals surface area contributed by atoms with Crippen LogP contribution in [0.2, 0.25) is 0 Å². The highest BCUT2D eigenvalue weighted by Gasteiger charge is 2.46. The first kappa shape index (κ1) is 42.2. The average Bonchev–Trinajstić information content (AvgIpc) is 3.82. The van der Waals surface area contributed by atoms with Crippen molar-refractivity contribution in [3.8, 4) is 56.4 Å². The summed E-state index contributed by atoms with van der Waals surface area (Å²) in [6.07, 6.45) is 0. The molecule has 2 aliphatic rings. The van der Waals surface area contributed by atoms with Crippen LogP contribution >= 0.6 is 11.3 Å². The second-order valence-corrected chi connectivity index (χ2v) is 21.5. The maximum atomic E-state index is 7.09. The summed E-state index contributed by atoms with van der Waals surface area (Å²) in [5.74, 6) is 1.71. The Bertz CT molecular complexity index is 5250. The Morgan fingerprint density at radius 1 is 0.359 bits per heavy atom. The minimum absolute atomic E-state index is 0.166. The molecular weight excluding hydrogens is 976 g/mol. The second-order valence-electron chi connectivity index (χ2n) is 20.5. The molecule has 360 valence electrons. The second kappa shape index (κ2) is 15.7. The van der Waals surface area contributed by atoms with Gasteiger partial charge < -0.3 is 18.2 Å². The van der Waals surface area contributed by atoms with Crippen molar-refractivity contribution >= 4 is 137 Å². The van der Waals surface area contributed by atoms with Gasteiger partial charge in [-0.2, -0.15) is 0 Å². The van der Waals surface area contributed by atoms with Crippen LogP contribution in [-0.2, 0) is 0 Å². The van der Waals surface area contributed by atoms with E-state index in [1.165, 1.54) is 36.7 Å². The van der Waals surface area contributed by atoms with Gasteiger partial charge in [-0.05, 0) is 70.1 Å². The van der Waals surface area contributed by atoms with Gasteiger partial charge in [-0.15, -0.1) is 11.3 Å². The summed E-state index contributed by atoms with van der Waals surface area (Å²) < 4.78 is 23.6. The predicted molar refractivity (Wildman–Crippen MR) is 321 cm³/mol. The van der Waals surface area contributed by atoms with Crippen molar-refractivity contribution in [2.45, 2.75) is 0 Å². The summed E-state index contributed by atoms with van der Waals surface area (Å²) in [6.45, 7) is -0.166. The van der Waals surface area contributed by atoms with Crippen LogP contribution in [0.4, 0.5) is 17.1 Å². The van der Waals surface area contributed by atoms with Crippen molar-refractivity contribution < 1.29 is 13.3 Å². The average molecular weight is 1010 g/mol. The van der Waals surface area contributed by atoms with E-state index in [1.54, 1.807) is 0 Å². The highest BCUT2D eigenvalue weighted by atomic mass is 32.1. The zero-order valence-corrected chi connectivity index (χ0v) is 42.2. The molecule has 18 rings (SSSR count). The zero-order valence-electron chi connectivity index (χ0n) is 41.4. The lowest BCUT2D eigenvalue weighted by atomic mass is 9.37. The van der Waals surface area contributed by atoms with Gasteiger partial charge in [0.15, 0.2) is 28.6 Å². The number of nitrogens with zero attached hydrogens (tertiary/aromatic N) is 4. The molecule has 0 spiro atoms. The van der Waals surface area contributed by atoms with Crippen molar-refractivity contribution in [3.05, 3.63) is 224 Å². The Kier molecular flexibility index (Phi) is 8.51. The topological polar surface area (TPSA) is 81.3 Å². The van der Waals surface area contributed by atoms with Gasteiger partial charge in [0.05, 0.1) is 11.4 Å². The van der Waals surface area contributed by atoms with Crippen molar-refractivity contribution in [1.82, 2.24) is 15.0 Å². The van der Waals surface area contributed by atoms with Gasteiger partial charge in [0, 0.05) is 80.4 Å². The highest BCUT2D eigenvalue weighted by Crippen LogP contribution is 2.51. The predicted octanol–water partition coefficient (Wildman–Crippen LogP) is 16.9. The Morgan fingerprint density at radius 3 is 1.63 bits per heavy atom. The van der Waals surface area contributed by atoms with Crippen LogP contribution in [0.1, 0.15) is 0 Å². The van der Waals surface area contributed by atoms with Gasteiger partial charge in [-0.1, -0.05) is 187 Å². The van der Waals surface area contributed by atoms with E-state index in [-0.39, 0.29) is 6.71 Å². The molecule has 7 heterocycles. The number of thiophene rings is 1. The molecule has 0 aliphatic carbocycles. The van der Waals surface area contributed by atoms with Crippen molar-refractivity contribution in [2.24, 2.45) is 0 Å². The van der Waals surface area contributed by atoms with E-state index in [4.69, 9.17) is 28.2 Å². The number of furan rings is 3. The third kappa shape index (κ3) is 5.85. The molecule has 0 unspecified atom stereocenters. The van der Waals surface area contributed by atoms with E-state index in [9.17, 15) is 0 Å². The third-order valence-electron chi connectivity index (χ3n) is 16.3. The van der Waals surface area contributed by atoms with Crippen LogP contribution in [0.25, 0.3) is 142 Å². The number of hydrogen-bond donors (Lipinski definition) is 0. The number of anilines is 3. The van der Waals surface area contributed by atoms with Gasteiger partial charge in [-0.3, -0.25) is 0 Å². The summed E-state index contributed by atoms with van der Waals surface area (Å²) in [6, 6.07) is 79.3. The molecule has 0 saturated heterocycles. The maximum Gasteiger partial charge on any atom is 0.248 e. The lowest BCUT2D eigenvalue weighted by Gasteiger charge is -2.36. The fourth-order valence-corrected chi connectivity index (χ4v) is 14.2. The molecule has 0 N–H and O–H groups in total. The summed E-state index contributed by atoms with van der Waals surface area (Å²) in [5, 5.41) is 8.89. The number of aromatic nitrogens is 3. The van der Waals surface area contributed by atoms with Crippen molar-refractivity contribution in [3.63, 3.8) is 0 Å². The van der Waals surface area contributed by atoms with Gasteiger partial charge in [0.25, 0.3) is 0 Å². The molecule has 0 fully saturated rings. The quantitative estimate of drug-likeness (QED) is 0.159. The molecule has 78 heavy (non-hydrogen) atoms. The van der Waals surface area contributed by atoms with E-state index >= 15 is 0 Å². The molecule has 0 atom stereocenters. The summed E-state index contributed by atoms with van der Waals surface area (Å²) in [7, 11) is 0. The van der Waals surface area contributed by atoms with Gasteiger partial charge in [-0.25, -0.2) is 15.0 Å². The molecule has 0 saturated carbocycles. The Hall–Kier alpha value is -10.1. The van der Waals surface area contributed by atoms with E-state index in [1.807, 2.05) is 53.8 Å². The molecule has 9 heteroatoms. The molecular formula is C69H37BN4O3S. The van der Waals surface area contributed by atoms with Crippen LogP contribution in [0, 0.1) is 0 Å². The summed E-state index contributed by atoms with van der Waals surface area (Å²) >= 11 is 1.84. The molecule has 16 aromatic rings. The van der Waals surface area contributed by atoms with E-state index in [2.05, 4.69) is 187 Å². The van der Waals surface area contributed by atoms with E-state index in [0.717, 1.165) is 122 Å². The smallest absolute Gasteiger partial charge is 0.248 e. The largest absolute Gasteiger partial charge is 0.455 e. The van der Waals surface area contributed by atoms with Crippen LogP contribution < -0.4 is 21.3 Å². The SMILES string of the molecule is c1ccc(-c2nc(-c3ccc(-c4cccc5c4sc4ccccc45)cc3)nc(-c3cc4c5c(c3)N(c3cccc6c3oc3ccccc36)c3c(ccc6c3oc3ccccc36)B5c3ccc5c(oc6ccccc65)c3-4)n2)cc1. The lowest BCUT2D eigenvalue weighted by molar-refractivity contribution is 0.666. The fraction of sp³-hybridized carbons (Fsp3) is 0. The van der Waals surface area contributed by atoms with Crippen LogP contribution in [0.15, 0.2) is 238 Å². The normalized spacial score (nSPS) is 12.8. The van der Waals surface area contributed by atoms with Gasteiger partial charge in [0.2, 0.25) is 6.71 Å². The maximum absolute atomic E-state index is 7.09. The fourth-order valence-electron chi connectivity index (χ4n) is 12.9. The van der Waals surface area contributed by atoms with Crippen LogP contribution in [-0.4, -0.2) is 21.7 Å². The first-order valence-electron chi connectivity index (χ1n) is 26.3. The molecule has 0 radical (unpaired) electrons. The Labute approximate surface area is 449 Å². The van der Waals surface area contributed by atoms with Crippen LogP contribution in [0.3, 0.4) is 0 Å². The number of rotatable bonds is 5. The van der Waals surface area contributed by atoms with Crippen molar-refractivity contribution in [2.75, 3.05) is 4.90 Å². The highest BCUT2D eigenvalue weighted by molar-refractivity contribution is 7.26. The Morgan fingerprint density at radius 2 is 0.897 bits per heavy atom. The summed E-state index contributed by atoms with van der Waals surface area (Å²) in [5.41, 5.74) is 18.3. The number of benzene rings is 11. The first-order chi connectivity index (χ1) is 38.7. The van der Waals surface area contributed by atoms with Gasteiger partial charge >= 0.3 is 0 Å². The third-order valence-corrected chi connectivity index (χ3v) is 17.6. The Balaban J connectivity index is 0.915. The molecule has 2 aliphatic heterocycles. The molecule has 0 bridgehead atoms. The molecule has 11 aromatic carbocycles. The van der Waals surface area contributed by atoms with Crippen molar-refractivity contribution in [1.29, 1.82) is 0 Å². The number of hydrogen-bond acceptors (Lipinski definition) is 8. The molecule has 5 aromatic heterocycles. The standard InChI is InChI=1S/C69H37BN4O3S/c1-2-14-39(15-3-1)67-71-68(40-30-28-38(29-31-40)42-20-12-22-50-46-19-7-11-27-59(46)78-66(42)50)73-69(72-67)41-36-51-60-52(34-32-48-44-17-5-9-25-57(44)76-64(48)60)70-53-35-33-49-45-18-6-10-26-58(45)77-65(49)62(53)74(55(37-41)61(51)70)54-23-13-21-47-43-16-4-8-24-56(43)75-63(47)54/h1-37H. The number of para-hydroxylation sites is 4. The minimum Gasteiger partial charge on any atom is -0.455 e. The first-order valence-corrected chi connectivity index (χ1v) is 27.1. The van der Waals surface area contributed by atoms with E-state index in [0.29, 0.717) is 17.5 Å². The van der Waals surface area contributed by atoms with Gasteiger partial charge in [0.1, 0.15) is 22.3 Å². The summed E-state index contributed by atoms with van der Waals surface area (Å²) in [4.78, 5) is 18.5. The molecule has 0 amide bonds. The number of fused-ring (bicyclic) bond motifs is 19. The van der Waals surface area contributed by atoms with E-state index < -0.39 is 0 Å². The minimum atomic E-state index is -0.166.